The molecule has 110 valence electrons. The maximum absolute atomic E-state index is 12.3. The third-order valence-corrected chi connectivity index (χ3v) is 3.74. The van der Waals surface area contributed by atoms with Crippen LogP contribution < -0.4 is 9.47 Å². The van der Waals surface area contributed by atoms with E-state index in [1.165, 1.54) is 5.56 Å². The quantitative estimate of drug-likeness (QED) is 0.931. The van der Waals surface area contributed by atoms with Gasteiger partial charge in [-0.1, -0.05) is 0 Å². The molecule has 0 bridgehead atoms. The Morgan fingerprint density at radius 1 is 1.24 bits per heavy atom. The maximum Gasteiger partial charge on any atom is 0.272 e. The summed E-state index contributed by atoms with van der Waals surface area (Å²) in [5.74, 6) is 1.38. The second kappa shape index (κ2) is 5.47. The van der Waals surface area contributed by atoms with Crippen LogP contribution in [-0.2, 0) is 13.0 Å². The van der Waals surface area contributed by atoms with Gasteiger partial charge in [-0.2, -0.15) is 5.10 Å². The van der Waals surface area contributed by atoms with E-state index in [0.717, 1.165) is 17.7 Å². The number of aromatic nitrogens is 2. The Bertz CT molecular complexity index is 652. The van der Waals surface area contributed by atoms with Crippen LogP contribution in [-0.4, -0.2) is 41.8 Å². The number of benzene rings is 1. The van der Waals surface area contributed by atoms with Gasteiger partial charge in [-0.3, -0.25) is 9.89 Å². The maximum atomic E-state index is 12.3. The molecule has 1 N–H and O–H groups in total. The smallest absolute Gasteiger partial charge is 0.272 e. The van der Waals surface area contributed by atoms with Gasteiger partial charge in [0.05, 0.1) is 14.2 Å². The molecule has 0 saturated carbocycles. The minimum Gasteiger partial charge on any atom is -0.493 e. The Kier molecular flexibility index (Phi) is 3.51. The van der Waals surface area contributed by atoms with E-state index in [2.05, 4.69) is 10.2 Å². The summed E-state index contributed by atoms with van der Waals surface area (Å²) >= 11 is 0. The van der Waals surface area contributed by atoms with E-state index < -0.39 is 0 Å². The Morgan fingerprint density at radius 2 is 1.95 bits per heavy atom. The van der Waals surface area contributed by atoms with Crippen molar-refractivity contribution >= 4 is 5.91 Å². The summed E-state index contributed by atoms with van der Waals surface area (Å²) in [6.07, 6.45) is 2.38. The predicted octanol–water partition coefficient (Wildman–Crippen LogP) is 1.63. The molecule has 0 saturated heterocycles. The van der Waals surface area contributed by atoms with Crippen molar-refractivity contribution in [2.24, 2.45) is 0 Å². The molecule has 1 amide bonds. The Hall–Kier alpha value is -2.50. The first-order valence-corrected chi connectivity index (χ1v) is 6.75. The van der Waals surface area contributed by atoms with Crippen LogP contribution in [0.3, 0.4) is 0 Å². The van der Waals surface area contributed by atoms with Crippen LogP contribution in [0.25, 0.3) is 0 Å². The summed E-state index contributed by atoms with van der Waals surface area (Å²) in [6.45, 7) is 1.24. The second-order valence-corrected chi connectivity index (χ2v) is 4.92. The number of methoxy groups -OCH3 is 2. The van der Waals surface area contributed by atoms with E-state index in [1.807, 2.05) is 17.0 Å². The number of amides is 1. The second-order valence-electron chi connectivity index (χ2n) is 4.92. The highest BCUT2D eigenvalue weighted by Gasteiger charge is 2.24. The number of nitrogens with zero attached hydrogens (tertiary/aromatic N) is 2. The van der Waals surface area contributed by atoms with Crippen LogP contribution in [0.4, 0.5) is 0 Å². The minimum atomic E-state index is -0.0343. The fourth-order valence-electron chi connectivity index (χ4n) is 2.60. The van der Waals surface area contributed by atoms with E-state index in [4.69, 9.17) is 9.47 Å². The minimum absolute atomic E-state index is 0.0343. The molecule has 1 aliphatic heterocycles. The molecule has 6 heteroatoms. The summed E-state index contributed by atoms with van der Waals surface area (Å²) < 4.78 is 10.6. The van der Waals surface area contributed by atoms with Gasteiger partial charge in [0.1, 0.15) is 5.69 Å². The predicted molar refractivity (Wildman–Crippen MR) is 76.6 cm³/mol. The zero-order valence-electron chi connectivity index (χ0n) is 12.0. The van der Waals surface area contributed by atoms with E-state index in [0.29, 0.717) is 24.5 Å². The van der Waals surface area contributed by atoms with Gasteiger partial charge in [-0.25, -0.2) is 0 Å². The van der Waals surface area contributed by atoms with Crippen molar-refractivity contribution in [1.82, 2.24) is 15.1 Å². The summed E-state index contributed by atoms with van der Waals surface area (Å²) in [4.78, 5) is 14.2. The monoisotopic (exact) mass is 287 g/mol. The normalized spacial score (nSPS) is 13.7. The first kappa shape index (κ1) is 13.5. The molecule has 0 spiro atoms. The number of carbonyl (C=O) groups excluding carboxylic acids is 1. The van der Waals surface area contributed by atoms with Gasteiger partial charge in [0.2, 0.25) is 0 Å². The number of rotatable bonds is 3. The zero-order valence-corrected chi connectivity index (χ0v) is 12.0. The third-order valence-electron chi connectivity index (χ3n) is 3.74. The summed E-state index contributed by atoms with van der Waals surface area (Å²) in [6, 6.07) is 5.62. The van der Waals surface area contributed by atoms with Crippen molar-refractivity contribution in [3.8, 4) is 11.5 Å². The van der Waals surface area contributed by atoms with Crippen molar-refractivity contribution in [1.29, 1.82) is 0 Å². The van der Waals surface area contributed by atoms with Crippen LogP contribution in [0.2, 0.25) is 0 Å². The molecule has 0 radical (unpaired) electrons. The lowest BCUT2D eigenvalue weighted by molar-refractivity contribution is 0.0728. The number of nitrogens with one attached hydrogen (secondary N) is 1. The van der Waals surface area contributed by atoms with Crippen LogP contribution in [0.1, 0.15) is 21.6 Å². The molecule has 0 atom stereocenters. The van der Waals surface area contributed by atoms with Crippen LogP contribution >= 0.6 is 0 Å². The molecule has 0 fully saturated rings. The molecule has 2 aromatic rings. The van der Waals surface area contributed by atoms with Crippen molar-refractivity contribution in [2.45, 2.75) is 13.0 Å². The highest BCUT2D eigenvalue weighted by Crippen LogP contribution is 2.33. The zero-order chi connectivity index (χ0) is 14.8. The van der Waals surface area contributed by atoms with Gasteiger partial charge in [0.15, 0.2) is 11.5 Å². The van der Waals surface area contributed by atoms with Crippen molar-refractivity contribution in [3.05, 3.63) is 41.2 Å². The number of ether oxygens (including phenoxy) is 2. The number of H-pyrrole nitrogens is 1. The van der Waals surface area contributed by atoms with Crippen LogP contribution in [0.15, 0.2) is 24.4 Å². The number of carbonyl (C=O) groups is 1. The van der Waals surface area contributed by atoms with Gasteiger partial charge in [-0.05, 0) is 35.7 Å². The van der Waals surface area contributed by atoms with Gasteiger partial charge in [0.25, 0.3) is 5.91 Å². The fourth-order valence-corrected chi connectivity index (χ4v) is 2.60. The summed E-state index contributed by atoms with van der Waals surface area (Å²) in [5.41, 5.74) is 2.80. The Morgan fingerprint density at radius 3 is 2.57 bits per heavy atom. The molecule has 1 aromatic carbocycles. The van der Waals surface area contributed by atoms with E-state index in [9.17, 15) is 4.79 Å². The van der Waals surface area contributed by atoms with Crippen molar-refractivity contribution < 1.29 is 14.3 Å². The van der Waals surface area contributed by atoms with Crippen LogP contribution in [0.5, 0.6) is 11.5 Å². The van der Waals surface area contributed by atoms with Crippen LogP contribution in [0, 0.1) is 0 Å². The molecular weight excluding hydrogens is 270 g/mol. The first-order valence-electron chi connectivity index (χ1n) is 6.75. The van der Waals surface area contributed by atoms with Crippen molar-refractivity contribution in [3.63, 3.8) is 0 Å². The molecule has 3 rings (SSSR count). The summed E-state index contributed by atoms with van der Waals surface area (Å²) in [5, 5.41) is 6.54. The Balaban J connectivity index is 1.86. The molecule has 2 heterocycles. The SMILES string of the molecule is COc1cc2c(cc1OC)CN(C(=O)c1ccn[nH]1)CC2. The number of fused-ring (bicyclic) bond motifs is 1. The van der Waals surface area contributed by atoms with E-state index in [-0.39, 0.29) is 5.91 Å². The molecule has 1 aliphatic rings. The summed E-state index contributed by atoms with van der Waals surface area (Å²) in [7, 11) is 3.24. The van der Waals surface area contributed by atoms with Gasteiger partial charge < -0.3 is 14.4 Å². The average Bonchev–Trinajstić information content (AvgIpc) is 3.06. The Labute approximate surface area is 122 Å². The third kappa shape index (κ3) is 2.44. The van der Waals surface area contributed by atoms with E-state index >= 15 is 0 Å². The molecule has 0 aliphatic carbocycles. The average molecular weight is 287 g/mol. The standard InChI is InChI=1S/C15H17N3O3/c1-20-13-7-10-4-6-18(9-11(10)8-14(13)21-2)15(19)12-3-5-16-17-12/h3,5,7-8H,4,6,9H2,1-2H3,(H,16,17). The molecular formula is C15H17N3O3. The lowest BCUT2D eigenvalue weighted by Gasteiger charge is -2.29. The number of hydrogen-bond donors (Lipinski definition) is 1. The number of hydrogen-bond acceptors (Lipinski definition) is 4. The highest BCUT2D eigenvalue weighted by molar-refractivity contribution is 5.92. The van der Waals surface area contributed by atoms with E-state index in [1.54, 1.807) is 26.5 Å². The fraction of sp³-hybridized carbons (Fsp3) is 0.333. The van der Waals surface area contributed by atoms with Crippen molar-refractivity contribution in [2.75, 3.05) is 20.8 Å². The lowest BCUT2D eigenvalue weighted by atomic mass is 9.98. The largest absolute Gasteiger partial charge is 0.493 e. The highest BCUT2D eigenvalue weighted by atomic mass is 16.5. The first-order chi connectivity index (χ1) is 10.2. The molecule has 1 aromatic heterocycles. The van der Waals surface area contributed by atoms with Gasteiger partial charge >= 0.3 is 0 Å². The van der Waals surface area contributed by atoms with Gasteiger partial charge in [-0.15, -0.1) is 0 Å². The number of aromatic amines is 1. The molecule has 21 heavy (non-hydrogen) atoms. The molecule has 6 nitrogen and oxygen atoms in total. The topological polar surface area (TPSA) is 67.5 Å². The lowest BCUT2D eigenvalue weighted by Crippen LogP contribution is -2.36. The van der Waals surface area contributed by atoms with Gasteiger partial charge in [0, 0.05) is 19.3 Å². The molecule has 0 unspecified atom stereocenters.